The van der Waals surface area contributed by atoms with Crippen molar-refractivity contribution >= 4 is 44.9 Å². The van der Waals surface area contributed by atoms with Crippen LogP contribution in [0.5, 0.6) is 0 Å². The average Bonchev–Trinajstić information content (AvgIpc) is 3.40. The molecule has 2 amide bonds. The Labute approximate surface area is 184 Å². The number of hydrogen-bond donors (Lipinski definition) is 3. The van der Waals surface area contributed by atoms with Gasteiger partial charge >= 0.3 is 6.03 Å². The molecule has 2 aliphatic rings. The minimum Gasteiger partial charge on any atom is -0.363 e. The molecule has 1 atom stereocenters. The molecule has 0 fully saturated rings. The molecule has 2 aromatic heterocycles. The van der Waals surface area contributed by atoms with Crippen LogP contribution in [-0.2, 0) is 6.42 Å². The van der Waals surface area contributed by atoms with Gasteiger partial charge in [0.05, 0.1) is 21.8 Å². The molecule has 0 saturated heterocycles. The van der Waals surface area contributed by atoms with Gasteiger partial charge in [-0.25, -0.2) is 19.7 Å². The predicted octanol–water partition coefficient (Wildman–Crippen LogP) is 3.92. The van der Waals surface area contributed by atoms with E-state index in [1.807, 2.05) is 36.4 Å². The van der Waals surface area contributed by atoms with E-state index in [2.05, 4.69) is 43.0 Å². The second-order valence-electron chi connectivity index (χ2n) is 8.19. The molecule has 160 valence electrons. The van der Waals surface area contributed by atoms with Crippen LogP contribution in [0.25, 0.3) is 10.2 Å². The van der Waals surface area contributed by atoms with Gasteiger partial charge < -0.3 is 20.9 Å². The van der Waals surface area contributed by atoms with Crippen LogP contribution in [0.1, 0.15) is 25.8 Å². The molecule has 31 heavy (non-hydrogen) atoms. The van der Waals surface area contributed by atoms with Crippen molar-refractivity contribution in [2.45, 2.75) is 38.8 Å². The molecule has 8 nitrogen and oxygen atoms in total. The fourth-order valence-electron chi connectivity index (χ4n) is 4.08. The summed E-state index contributed by atoms with van der Waals surface area (Å²) in [6, 6.07) is 6.48. The maximum absolute atomic E-state index is 12.2. The Hall–Kier alpha value is -3.20. The van der Waals surface area contributed by atoms with Crippen molar-refractivity contribution in [3.8, 4) is 0 Å². The zero-order valence-corrected chi connectivity index (χ0v) is 18.4. The number of thiazole rings is 1. The molecule has 0 spiro atoms. The normalized spacial score (nSPS) is 18.0. The molecule has 2 aliphatic heterocycles. The van der Waals surface area contributed by atoms with Crippen LogP contribution < -0.4 is 16.0 Å². The summed E-state index contributed by atoms with van der Waals surface area (Å²) in [4.78, 5) is 27.4. The minimum atomic E-state index is 0.00299. The SMILES string of the molecule is CC(C)NC(=O)N1CC=C(C2Cc3c(Nc4ccc5ncsc5c4)ncnc3N2)CC1. The zero-order valence-electron chi connectivity index (χ0n) is 17.6. The molecule has 1 aromatic carbocycles. The van der Waals surface area contributed by atoms with E-state index < -0.39 is 0 Å². The Balaban J connectivity index is 1.29. The molecular formula is C22H25N7OS. The third kappa shape index (κ3) is 4.05. The Morgan fingerprint density at radius 1 is 1.29 bits per heavy atom. The minimum absolute atomic E-state index is 0.00299. The van der Waals surface area contributed by atoms with Gasteiger partial charge in [-0.15, -0.1) is 11.3 Å². The van der Waals surface area contributed by atoms with E-state index in [0.29, 0.717) is 6.54 Å². The van der Waals surface area contributed by atoms with Gasteiger partial charge in [-0.2, -0.15) is 0 Å². The lowest BCUT2D eigenvalue weighted by Crippen LogP contribution is -2.45. The van der Waals surface area contributed by atoms with Crippen molar-refractivity contribution < 1.29 is 4.79 Å². The van der Waals surface area contributed by atoms with Crippen LogP contribution in [0.15, 0.2) is 41.7 Å². The van der Waals surface area contributed by atoms with E-state index in [4.69, 9.17) is 0 Å². The number of aromatic nitrogens is 3. The van der Waals surface area contributed by atoms with Gasteiger partial charge in [0.1, 0.15) is 18.0 Å². The summed E-state index contributed by atoms with van der Waals surface area (Å²) in [7, 11) is 0. The molecule has 4 heterocycles. The summed E-state index contributed by atoms with van der Waals surface area (Å²) >= 11 is 1.63. The smallest absolute Gasteiger partial charge is 0.317 e. The first kappa shape index (κ1) is 19.7. The molecule has 3 N–H and O–H groups in total. The molecule has 9 heteroatoms. The fraction of sp³-hybridized carbons (Fsp3) is 0.364. The monoisotopic (exact) mass is 435 g/mol. The topological polar surface area (TPSA) is 95.1 Å². The number of fused-ring (bicyclic) bond motifs is 2. The summed E-state index contributed by atoms with van der Waals surface area (Å²) < 4.78 is 1.14. The summed E-state index contributed by atoms with van der Waals surface area (Å²) in [5.74, 6) is 1.71. The second-order valence-corrected chi connectivity index (χ2v) is 9.08. The largest absolute Gasteiger partial charge is 0.363 e. The molecule has 3 aromatic rings. The van der Waals surface area contributed by atoms with E-state index in [0.717, 1.165) is 52.5 Å². The first-order valence-electron chi connectivity index (χ1n) is 10.5. The van der Waals surface area contributed by atoms with Gasteiger partial charge in [-0.3, -0.25) is 0 Å². The van der Waals surface area contributed by atoms with Crippen molar-refractivity contribution in [1.29, 1.82) is 0 Å². The maximum Gasteiger partial charge on any atom is 0.317 e. The van der Waals surface area contributed by atoms with Gasteiger partial charge in [0.2, 0.25) is 0 Å². The lowest BCUT2D eigenvalue weighted by Gasteiger charge is -2.29. The number of carbonyl (C=O) groups excluding carboxylic acids is 1. The second kappa shape index (κ2) is 8.14. The highest BCUT2D eigenvalue weighted by Crippen LogP contribution is 2.34. The summed E-state index contributed by atoms with van der Waals surface area (Å²) in [5.41, 5.74) is 6.27. The Kier molecular flexibility index (Phi) is 5.19. The number of rotatable bonds is 4. The Morgan fingerprint density at radius 3 is 3.00 bits per heavy atom. The zero-order chi connectivity index (χ0) is 21.4. The number of anilines is 3. The first-order chi connectivity index (χ1) is 15.1. The van der Waals surface area contributed by atoms with E-state index in [-0.39, 0.29) is 18.1 Å². The number of carbonyl (C=O) groups is 1. The van der Waals surface area contributed by atoms with E-state index >= 15 is 0 Å². The standard InChI is InChI=1S/C22H25N7OS/c1-13(2)26-22(30)29-7-5-14(6-8-29)18-10-16-20(23-11-24-21(16)28-18)27-15-3-4-17-19(9-15)31-12-25-17/h3-5,9,11-13,18H,6-8,10H2,1-2H3,(H,26,30)(H2,23,24,27,28). The van der Waals surface area contributed by atoms with Crippen molar-refractivity contribution in [3.05, 3.63) is 47.2 Å². The third-order valence-corrected chi connectivity index (χ3v) is 6.44. The number of hydrogen-bond acceptors (Lipinski definition) is 7. The van der Waals surface area contributed by atoms with Gasteiger partial charge in [0.15, 0.2) is 0 Å². The highest BCUT2D eigenvalue weighted by Gasteiger charge is 2.30. The van der Waals surface area contributed by atoms with Crippen LogP contribution >= 0.6 is 11.3 Å². The molecule has 0 aliphatic carbocycles. The summed E-state index contributed by atoms with van der Waals surface area (Å²) in [5, 5.41) is 9.97. The van der Waals surface area contributed by atoms with Crippen LogP contribution in [0.4, 0.5) is 22.1 Å². The molecule has 0 bridgehead atoms. The Bertz CT molecular complexity index is 1160. The molecule has 0 saturated carbocycles. The van der Waals surface area contributed by atoms with Gasteiger partial charge in [-0.1, -0.05) is 6.08 Å². The molecular weight excluding hydrogens is 410 g/mol. The fourth-order valence-corrected chi connectivity index (χ4v) is 4.79. The number of benzene rings is 1. The van der Waals surface area contributed by atoms with Crippen molar-refractivity contribution in [3.63, 3.8) is 0 Å². The van der Waals surface area contributed by atoms with Crippen molar-refractivity contribution in [2.75, 3.05) is 23.7 Å². The average molecular weight is 436 g/mol. The summed E-state index contributed by atoms with van der Waals surface area (Å²) in [6.45, 7) is 5.31. The first-order valence-corrected chi connectivity index (χ1v) is 11.4. The maximum atomic E-state index is 12.2. The van der Waals surface area contributed by atoms with Crippen LogP contribution in [0, 0.1) is 0 Å². The van der Waals surface area contributed by atoms with E-state index in [1.165, 1.54) is 5.57 Å². The quantitative estimate of drug-likeness (QED) is 0.538. The van der Waals surface area contributed by atoms with E-state index in [9.17, 15) is 4.79 Å². The number of amides is 2. The lowest BCUT2D eigenvalue weighted by atomic mass is 9.97. The predicted molar refractivity (Wildman–Crippen MR) is 124 cm³/mol. The van der Waals surface area contributed by atoms with Gasteiger partial charge in [-0.05, 0) is 44.0 Å². The molecule has 1 unspecified atom stereocenters. The molecule has 0 radical (unpaired) electrons. The van der Waals surface area contributed by atoms with Crippen molar-refractivity contribution in [1.82, 2.24) is 25.2 Å². The summed E-state index contributed by atoms with van der Waals surface area (Å²) in [6.07, 6.45) is 5.45. The van der Waals surface area contributed by atoms with Crippen LogP contribution in [0.3, 0.4) is 0 Å². The highest BCUT2D eigenvalue weighted by molar-refractivity contribution is 7.16. The van der Waals surface area contributed by atoms with Crippen molar-refractivity contribution in [2.24, 2.45) is 0 Å². The number of nitrogens with one attached hydrogen (secondary N) is 3. The van der Waals surface area contributed by atoms with Gasteiger partial charge in [0.25, 0.3) is 0 Å². The lowest BCUT2D eigenvalue weighted by molar-refractivity contribution is 0.199. The number of urea groups is 1. The van der Waals surface area contributed by atoms with E-state index in [1.54, 1.807) is 17.7 Å². The van der Waals surface area contributed by atoms with Crippen LogP contribution in [0.2, 0.25) is 0 Å². The Morgan fingerprint density at radius 2 is 2.19 bits per heavy atom. The third-order valence-electron chi connectivity index (χ3n) is 5.65. The number of nitrogens with zero attached hydrogens (tertiary/aromatic N) is 4. The van der Waals surface area contributed by atoms with Gasteiger partial charge in [0, 0.05) is 36.8 Å². The highest BCUT2D eigenvalue weighted by atomic mass is 32.1. The molecule has 5 rings (SSSR count). The van der Waals surface area contributed by atoms with Crippen LogP contribution in [-0.4, -0.2) is 51.1 Å².